The van der Waals surface area contributed by atoms with Crippen LogP contribution in [0.1, 0.15) is 11.6 Å². The van der Waals surface area contributed by atoms with Gasteiger partial charge >= 0.3 is 0 Å². The second-order valence-corrected chi connectivity index (χ2v) is 6.64. The van der Waals surface area contributed by atoms with E-state index in [0.29, 0.717) is 5.13 Å². The molecule has 6 nitrogen and oxygen atoms in total. The van der Waals surface area contributed by atoms with Gasteiger partial charge in [0.15, 0.2) is 9.34 Å². The first-order chi connectivity index (χ1) is 9.00. The number of sulfonamides is 1. The lowest BCUT2D eigenvalue weighted by Crippen LogP contribution is -2.14. The molecule has 1 atom stereocenters. The molecular formula is C11H13N3O3S2. The van der Waals surface area contributed by atoms with Crippen LogP contribution in [0.4, 0.5) is 5.13 Å². The average molecular weight is 299 g/mol. The number of primary sulfonamides is 1. The molecule has 1 aromatic heterocycles. The Balaban J connectivity index is 2.18. The van der Waals surface area contributed by atoms with Crippen molar-refractivity contribution in [3.63, 3.8) is 0 Å². The Morgan fingerprint density at radius 1 is 1.37 bits per heavy atom. The number of thiazole rings is 1. The van der Waals surface area contributed by atoms with Crippen LogP contribution in [-0.2, 0) is 10.0 Å². The highest BCUT2D eigenvalue weighted by molar-refractivity contribution is 7.91. The summed E-state index contributed by atoms with van der Waals surface area (Å²) in [5, 5.41) is 17.8. The Morgan fingerprint density at radius 3 is 2.58 bits per heavy atom. The minimum atomic E-state index is -3.74. The molecule has 2 rings (SSSR count). The molecule has 8 heteroatoms. The van der Waals surface area contributed by atoms with Crippen molar-refractivity contribution in [2.45, 2.75) is 10.3 Å². The quantitative estimate of drug-likeness (QED) is 0.762. The fourth-order valence-corrected chi connectivity index (χ4v) is 3.03. The Labute approximate surface area is 115 Å². The summed E-state index contributed by atoms with van der Waals surface area (Å²) in [4.78, 5) is 3.93. The molecule has 0 radical (unpaired) electrons. The average Bonchev–Trinajstić information content (AvgIpc) is 2.85. The van der Waals surface area contributed by atoms with Crippen LogP contribution in [0.15, 0.2) is 40.7 Å². The van der Waals surface area contributed by atoms with E-state index >= 15 is 0 Å². The van der Waals surface area contributed by atoms with Gasteiger partial charge in [-0.1, -0.05) is 41.7 Å². The number of hydrogen-bond donors (Lipinski definition) is 3. The first-order valence-corrected chi connectivity index (χ1v) is 7.78. The Hall–Kier alpha value is -1.48. The van der Waals surface area contributed by atoms with Crippen molar-refractivity contribution in [2.24, 2.45) is 5.14 Å². The molecule has 0 aliphatic rings. The van der Waals surface area contributed by atoms with Gasteiger partial charge in [0, 0.05) is 0 Å². The molecule has 0 aliphatic heterocycles. The number of anilines is 1. The summed E-state index contributed by atoms with van der Waals surface area (Å²) in [6, 6.07) is 8.97. The minimum Gasteiger partial charge on any atom is -0.394 e. The normalized spacial score (nSPS) is 13.2. The summed E-state index contributed by atoms with van der Waals surface area (Å²) >= 11 is 0.932. The lowest BCUT2D eigenvalue weighted by atomic mass is 10.1. The SMILES string of the molecule is NS(=O)(=O)c1cnc(NC(CO)c2ccccc2)s1. The van der Waals surface area contributed by atoms with Gasteiger partial charge in [-0.25, -0.2) is 18.5 Å². The van der Waals surface area contributed by atoms with Crippen LogP contribution in [0.25, 0.3) is 0 Å². The largest absolute Gasteiger partial charge is 0.394 e. The monoisotopic (exact) mass is 299 g/mol. The third-order valence-corrected chi connectivity index (χ3v) is 4.78. The predicted octanol–water partition coefficient (Wildman–Crippen LogP) is 0.936. The maximum atomic E-state index is 11.1. The molecule has 0 amide bonds. The van der Waals surface area contributed by atoms with Gasteiger partial charge in [0.1, 0.15) is 0 Å². The molecule has 4 N–H and O–H groups in total. The van der Waals surface area contributed by atoms with Gasteiger partial charge in [0.25, 0.3) is 0 Å². The van der Waals surface area contributed by atoms with E-state index in [4.69, 9.17) is 5.14 Å². The van der Waals surface area contributed by atoms with Crippen molar-refractivity contribution in [3.05, 3.63) is 42.1 Å². The van der Waals surface area contributed by atoms with E-state index in [0.717, 1.165) is 16.9 Å². The zero-order valence-electron chi connectivity index (χ0n) is 9.85. The number of nitrogens with one attached hydrogen (secondary N) is 1. The molecule has 1 heterocycles. The maximum absolute atomic E-state index is 11.1. The van der Waals surface area contributed by atoms with Gasteiger partial charge in [-0.3, -0.25) is 0 Å². The van der Waals surface area contributed by atoms with Gasteiger partial charge in [0.2, 0.25) is 10.0 Å². The van der Waals surface area contributed by atoms with Crippen molar-refractivity contribution in [3.8, 4) is 0 Å². The Kier molecular flexibility index (Phi) is 4.15. The Morgan fingerprint density at radius 2 is 2.05 bits per heavy atom. The van der Waals surface area contributed by atoms with Crippen LogP contribution in [0.5, 0.6) is 0 Å². The van der Waals surface area contributed by atoms with Crippen molar-refractivity contribution in [2.75, 3.05) is 11.9 Å². The smallest absolute Gasteiger partial charge is 0.249 e. The molecule has 19 heavy (non-hydrogen) atoms. The van der Waals surface area contributed by atoms with Gasteiger partial charge < -0.3 is 10.4 Å². The Bertz CT molecular complexity index is 640. The number of aliphatic hydroxyl groups is 1. The second kappa shape index (κ2) is 5.66. The highest BCUT2D eigenvalue weighted by Crippen LogP contribution is 2.25. The number of hydrogen-bond acceptors (Lipinski definition) is 6. The predicted molar refractivity (Wildman–Crippen MR) is 73.4 cm³/mol. The second-order valence-electron chi connectivity index (χ2n) is 3.82. The van der Waals surface area contributed by atoms with Gasteiger partial charge in [-0.15, -0.1) is 0 Å². The highest BCUT2D eigenvalue weighted by Gasteiger charge is 2.16. The summed E-state index contributed by atoms with van der Waals surface area (Å²) in [6.45, 7) is -0.131. The lowest BCUT2D eigenvalue weighted by molar-refractivity contribution is 0.276. The number of aromatic nitrogens is 1. The van der Waals surface area contributed by atoms with Crippen LogP contribution in [0.3, 0.4) is 0 Å². The third kappa shape index (κ3) is 3.51. The molecular weight excluding hydrogens is 286 g/mol. The molecule has 1 unspecified atom stereocenters. The summed E-state index contributed by atoms with van der Waals surface area (Å²) in [6.07, 6.45) is 1.20. The van der Waals surface area contributed by atoms with Crippen LogP contribution in [0, 0.1) is 0 Å². The van der Waals surface area contributed by atoms with E-state index < -0.39 is 10.0 Å². The van der Waals surface area contributed by atoms with Crippen LogP contribution in [-0.4, -0.2) is 25.1 Å². The number of rotatable bonds is 5. The van der Waals surface area contributed by atoms with Crippen LogP contribution in [0.2, 0.25) is 0 Å². The molecule has 0 bridgehead atoms. The first kappa shape index (κ1) is 13.9. The summed E-state index contributed by atoms with van der Waals surface area (Å²) in [7, 11) is -3.74. The van der Waals surface area contributed by atoms with Crippen molar-refractivity contribution in [1.82, 2.24) is 4.98 Å². The van der Waals surface area contributed by atoms with E-state index in [9.17, 15) is 13.5 Å². The molecule has 0 saturated heterocycles. The lowest BCUT2D eigenvalue weighted by Gasteiger charge is -2.15. The topological polar surface area (TPSA) is 105 Å². The van der Waals surface area contributed by atoms with Crippen molar-refractivity contribution in [1.29, 1.82) is 0 Å². The standard InChI is InChI=1S/C11H13N3O3S2/c12-19(16,17)10-6-13-11(18-10)14-9(7-15)8-4-2-1-3-5-8/h1-6,9,15H,7H2,(H,13,14)(H2,12,16,17). The number of nitrogens with zero attached hydrogens (tertiary/aromatic N) is 1. The van der Waals surface area contributed by atoms with E-state index in [1.807, 2.05) is 30.3 Å². The van der Waals surface area contributed by atoms with E-state index in [2.05, 4.69) is 10.3 Å². The zero-order valence-corrected chi connectivity index (χ0v) is 11.5. The van der Waals surface area contributed by atoms with E-state index in [-0.39, 0.29) is 16.9 Å². The van der Waals surface area contributed by atoms with Crippen LogP contribution < -0.4 is 10.5 Å². The van der Waals surface area contributed by atoms with Gasteiger partial charge in [-0.05, 0) is 5.56 Å². The minimum absolute atomic E-state index is 0.0141. The highest BCUT2D eigenvalue weighted by atomic mass is 32.2. The summed E-state index contributed by atoms with van der Waals surface area (Å²) in [5.74, 6) is 0. The molecule has 0 aliphatic carbocycles. The van der Waals surface area contributed by atoms with Gasteiger partial charge in [0.05, 0.1) is 18.8 Å². The van der Waals surface area contributed by atoms with Gasteiger partial charge in [-0.2, -0.15) is 0 Å². The third-order valence-electron chi connectivity index (χ3n) is 2.45. The van der Waals surface area contributed by atoms with E-state index in [1.165, 1.54) is 6.20 Å². The summed E-state index contributed by atoms with van der Waals surface area (Å²) in [5.41, 5.74) is 0.886. The molecule has 0 spiro atoms. The fourth-order valence-electron chi connectivity index (χ4n) is 1.53. The number of aliphatic hydroxyl groups excluding tert-OH is 1. The van der Waals surface area contributed by atoms with Crippen molar-refractivity contribution < 1.29 is 13.5 Å². The number of benzene rings is 1. The summed E-state index contributed by atoms with van der Waals surface area (Å²) < 4.78 is 22.3. The zero-order chi connectivity index (χ0) is 13.9. The molecule has 1 aromatic carbocycles. The molecule has 0 saturated carbocycles. The fraction of sp³-hybridized carbons (Fsp3) is 0.182. The first-order valence-electron chi connectivity index (χ1n) is 5.41. The molecule has 102 valence electrons. The van der Waals surface area contributed by atoms with Crippen LogP contribution >= 0.6 is 11.3 Å². The molecule has 2 aromatic rings. The maximum Gasteiger partial charge on any atom is 0.249 e. The molecule has 0 fully saturated rings. The van der Waals surface area contributed by atoms with E-state index in [1.54, 1.807) is 0 Å². The number of nitrogens with two attached hydrogens (primary N) is 1. The van der Waals surface area contributed by atoms with Crippen molar-refractivity contribution >= 4 is 26.5 Å².